The second kappa shape index (κ2) is 5.92. The van der Waals surface area contributed by atoms with Crippen LogP contribution >= 0.6 is 0 Å². The molecule has 1 aromatic rings. The molecule has 0 unspecified atom stereocenters. The Balaban J connectivity index is 2.14. The predicted molar refractivity (Wildman–Crippen MR) is 71.6 cm³/mol. The molecular weight excluding hydrogens is 282 g/mol. The summed E-state index contributed by atoms with van der Waals surface area (Å²) in [7, 11) is -3.58. The third kappa shape index (κ3) is 3.18. The van der Waals surface area contributed by atoms with Gasteiger partial charge in [-0.05, 0) is 18.8 Å². The van der Waals surface area contributed by atoms with Crippen molar-refractivity contribution in [1.29, 1.82) is 0 Å². The number of carboxylic acid groups (broad SMARTS) is 1. The summed E-state index contributed by atoms with van der Waals surface area (Å²) in [6.45, 7) is 2.40. The van der Waals surface area contributed by atoms with E-state index in [4.69, 9.17) is 5.11 Å². The van der Waals surface area contributed by atoms with Crippen LogP contribution in [0.1, 0.15) is 26.2 Å². The normalized spacial score (nSPS) is 16.3. The molecule has 1 saturated carbocycles. The van der Waals surface area contributed by atoms with Crippen LogP contribution in [-0.4, -0.2) is 46.7 Å². The lowest BCUT2D eigenvalue weighted by Gasteiger charge is -2.30. The van der Waals surface area contributed by atoms with Gasteiger partial charge in [0, 0.05) is 19.3 Å². The van der Waals surface area contributed by atoms with Crippen molar-refractivity contribution in [2.75, 3.05) is 13.1 Å². The van der Waals surface area contributed by atoms with E-state index in [2.05, 4.69) is 5.10 Å². The van der Waals surface area contributed by atoms with E-state index >= 15 is 0 Å². The van der Waals surface area contributed by atoms with Crippen molar-refractivity contribution in [3.63, 3.8) is 0 Å². The predicted octanol–water partition coefficient (Wildman–Crippen LogP) is 0.778. The number of aliphatic carboxylic acids is 1. The minimum atomic E-state index is -3.58. The highest BCUT2D eigenvalue weighted by molar-refractivity contribution is 7.89. The topological polar surface area (TPSA) is 92.5 Å². The third-order valence-corrected chi connectivity index (χ3v) is 5.48. The number of sulfonamides is 1. The zero-order valence-electron chi connectivity index (χ0n) is 11.4. The number of hydrogen-bond acceptors (Lipinski definition) is 4. The highest BCUT2D eigenvalue weighted by Gasteiger charge is 2.29. The number of carboxylic acids is 1. The first kappa shape index (κ1) is 15.0. The Bertz CT molecular complexity index is 577. The SMILES string of the molecule is CCN(CC1CCC1)S(=O)(=O)c1cnn(CC(=O)O)c1. The molecule has 1 N–H and O–H groups in total. The van der Waals surface area contributed by atoms with E-state index < -0.39 is 16.0 Å². The molecule has 1 aliphatic rings. The van der Waals surface area contributed by atoms with Gasteiger partial charge in [-0.25, -0.2) is 8.42 Å². The number of nitrogens with zero attached hydrogens (tertiary/aromatic N) is 3. The van der Waals surface area contributed by atoms with E-state index in [0.717, 1.165) is 17.5 Å². The van der Waals surface area contributed by atoms with Crippen LogP contribution in [0.25, 0.3) is 0 Å². The van der Waals surface area contributed by atoms with E-state index in [0.29, 0.717) is 19.0 Å². The highest BCUT2D eigenvalue weighted by Crippen LogP contribution is 2.28. The number of rotatable bonds is 7. The Morgan fingerprint density at radius 1 is 1.55 bits per heavy atom. The summed E-state index contributed by atoms with van der Waals surface area (Å²) in [6.07, 6.45) is 5.79. The molecule has 2 rings (SSSR count). The van der Waals surface area contributed by atoms with Gasteiger partial charge in [-0.3, -0.25) is 9.48 Å². The summed E-state index contributed by atoms with van der Waals surface area (Å²) in [5.41, 5.74) is 0. The molecule has 1 fully saturated rings. The standard InChI is InChI=1S/C12H19N3O4S/c1-2-15(7-10-4-3-5-10)20(18,19)11-6-13-14(8-11)9-12(16)17/h6,8,10H,2-5,7,9H2,1H3,(H,16,17). The summed E-state index contributed by atoms with van der Waals surface area (Å²) in [5.74, 6) is -0.613. The van der Waals surface area contributed by atoms with Crippen LogP contribution in [-0.2, 0) is 21.4 Å². The van der Waals surface area contributed by atoms with Crippen molar-refractivity contribution in [3.8, 4) is 0 Å². The maximum Gasteiger partial charge on any atom is 0.325 e. The summed E-state index contributed by atoms with van der Waals surface area (Å²) >= 11 is 0. The lowest BCUT2D eigenvalue weighted by molar-refractivity contribution is -0.137. The van der Waals surface area contributed by atoms with Crippen molar-refractivity contribution < 1.29 is 18.3 Å². The third-order valence-electron chi connectivity index (χ3n) is 3.58. The molecule has 0 spiro atoms. The van der Waals surface area contributed by atoms with Crippen LogP contribution < -0.4 is 0 Å². The second-order valence-corrected chi connectivity index (χ2v) is 6.96. The molecule has 0 atom stereocenters. The number of aromatic nitrogens is 2. The quantitative estimate of drug-likeness (QED) is 0.803. The van der Waals surface area contributed by atoms with Crippen molar-refractivity contribution in [3.05, 3.63) is 12.4 Å². The molecule has 1 aliphatic carbocycles. The first-order chi connectivity index (χ1) is 9.43. The van der Waals surface area contributed by atoms with E-state index in [-0.39, 0.29) is 11.4 Å². The van der Waals surface area contributed by atoms with Gasteiger partial charge in [0.25, 0.3) is 0 Å². The lowest BCUT2D eigenvalue weighted by Crippen LogP contribution is -2.37. The van der Waals surface area contributed by atoms with Gasteiger partial charge in [0.15, 0.2) is 0 Å². The largest absolute Gasteiger partial charge is 0.480 e. The molecular formula is C12H19N3O4S. The van der Waals surface area contributed by atoms with Crippen LogP contribution in [0.2, 0.25) is 0 Å². The van der Waals surface area contributed by atoms with Gasteiger partial charge in [-0.1, -0.05) is 13.3 Å². The van der Waals surface area contributed by atoms with Gasteiger partial charge in [0.05, 0.1) is 6.20 Å². The lowest BCUT2D eigenvalue weighted by atomic mass is 9.85. The molecule has 1 aromatic heterocycles. The molecule has 0 radical (unpaired) electrons. The Morgan fingerprint density at radius 2 is 2.25 bits per heavy atom. The first-order valence-electron chi connectivity index (χ1n) is 6.68. The molecule has 7 nitrogen and oxygen atoms in total. The van der Waals surface area contributed by atoms with Crippen molar-refractivity contribution >= 4 is 16.0 Å². The van der Waals surface area contributed by atoms with Gasteiger partial charge >= 0.3 is 5.97 Å². The average Bonchev–Trinajstić information content (AvgIpc) is 2.75. The van der Waals surface area contributed by atoms with E-state index in [1.54, 1.807) is 6.92 Å². The minimum Gasteiger partial charge on any atom is -0.480 e. The van der Waals surface area contributed by atoms with Crippen LogP contribution in [0.3, 0.4) is 0 Å². The zero-order chi connectivity index (χ0) is 14.8. The molecule has 0 aromatic carbocycles. The van der Waals surface area contributed by atoms with Crippen LogP contribution in [0, 0.1) is 5.92 Å². The van der Waals surface area contributed by atoms with Crippen molar-refractivity contribution in [2.45, 2.75) is 37.6 Å². The minimum absolute atomic E-state index is 0.0555. The van der Waals surface area contributed by atoms with E-state index in [9.17, 15) is 13.2 Å². The van der Waals surface area contributed by atoms with Gasteiger partial charge in [0.2, 0.25) is 10.0 Å². The Morgan fingerprint density at radius 3 is 2.75 bits per heavy atom. The number of carbonyl (C=O) groups is 1. The number of hydrogen-bond donors (Lipinski definition) is 1. The monoisotopic (exact) mass is 301 g/mol. The van der Waals surface area contributed by atoms with Gasteiger partial charge < -0.3 is 5.11 Å². The maximum atomic E-state index is 12.5. The van der Waals surface area contributed by atoms with E-state index in [1.807, 2.05) is 0 Å². The summed E-state index contributed by atoms with van der Waals surface area (Å²) in [5, 5.41) is 12.5. The Hall–Kier alpha value is -1.41. The maximum absolute atomic E-state index is 12.5. The van der Waals surface area contributed by atoms with Crippen molar-refractivity contribution in [1.82, 2.24) is 14.1 Å². The Labute approximate surface area is 118 Å². The highest BCUT2D eigenvalue weighted by atomic mass is 32.2. The van der Waals surface area contributed by atoms with Gasteiger partial charge in [0.1, 0.15) is 11.4 Å². The fourth-order valence-electron chi connectivity index (χ4n) is 2.21. The summed E-state index contributed by atoms with van der Waals surface area (Å²) in [4.78, 5) is 10.6. The molecule has 0 aliphatic heterocycles. The smallest absolute Gasteiger partial charge is 0.325 e. The molecule has 0 saturated heterocycles. The summed E-state index contributed by atoms with van der Waals surface area (Å²) < 4.78 is 27.5. The van der Waals surface area contributed by atoms with Crippen LogP contribution in [0.4, 0.5) is 0 Å². The fourth-order valence-corrected chi connectivity index (χ4v) is 3.69. The molecule has 20 heavy (non-hydrogen) atoms. The van der Waals surface area contributed by atoms with Gasteiger partial charge in [-0.2, -0.15) is 9.40 Å². The molecule has 0 amide bonds. The molecule has 0 bridgehead atoms. The first-order valence-corrected chi connectivity index (χ1v) is 8.12. The summed E-state index contributed by atoms with van der Waals surface area (Å²) in [6, 6.07) is 0. The Kier molecular flexibility index (Phi) is 4.44. The second-order valence-electron chi connectivity index (χ2n) is 5.02. The van der Waals surface area contributed by atoms with Gasteiger partial charge in [-0.15, -0.1) is 0 Å². The van der Waals surface area contributed by atoms with Crippen LogP contribution in [0.5, 0.6) is 0 Å². The zero-order valence-corrected chi connectivity index (χ0v) is 12.2. The molecule has 8 heteroatoms. The fraction of sp³-hybridized carbons (Fsp3) is 0.667. The van der Waals surface area contributed by atoms with E-state index in [1.165, 1.54) is 23.1 Å². The molecule has 112 valence electrons. The molecule has 1 heterocycles. The van der Waals surface area contributed by atoms with Crippen LogP contribution in [0.15, 0.2) is 17.3 Å². The average molecular weight is 301 g/mol. The van der Waals surface area contributed by atoms with Crippen molar-refractivity contribution in [2.24, 2.45) is 5.92 Å².